The van der Waals surface area contributed by atoms with E-state index in [1.807, 2.05) is 12.1 Å². The van der Waals surface area contributed by atoms with Gasteiger partial charge in [0.2, 0.25) is 6.29 Å². The van der Waals surface area contributed by atoms with E-state index in [0.717, 1.165) is 79.1 Å². The number of fused-ring (bicyclic) bond motifs is 8. The number of para-hydroxylation sites is 2. The number of aliphatic imine (C=N–C) groups is 1. The van der Waals surface area contributed by atoms with E-state index in [4.69, 9.17) is 9.41 Å². The largest absolute Gasteiger partial charge is 0.455 e. The number of anilines is 1. The van der Waals surface area contributed by atoms with E-state index in [9.17, 15) is 0 Å². The van der Waals surface area contributed by atoms with E-state index in [2.05, 4.69) is 125 Å². The van der Waals surface area contributed by atoms with E-state index in [0.29, 0.717) is 0 Å². The Bertz CT molecular complexity index is 2280. The molecule has 2 aromatic heterocycles. The maximum atomic E-state index is 6.51. The molecule has 0 bridgehead atoms. The molecule has 0 saturated carbocycles. The SMILES string of the molecule is C1=CCCC(c2ccc3c(c2)C(c2ccccc2)=NC(n2c4ccccc4c4c5oc6ccccc6c5ccc42)N3)=C1. The summed E-state index contributed by atoms with van der Waals surface area (Å²) in [5.41, 5.74) is 11.0. The lowest BCUT2D eigenvalue weighted by Gasteiger charge is -2.28. The van der Waals surface area contributed by atoms with Crippen molar-refractivity contribution in [3.8, 4) is 0 Å². The number of allylic oxidation sites excluding steroid dienone is 4. The van der Waals surface area contributed by atoms with E-state index in [1.54, 1.807) is 0 Å². The van der Waals surface area contributed by atoms with Crippen molar-refractivity contribution in [3.05, 3.63) is 144 Å². The van der Waals surface area contributed by atoms with Gasteiger partial charge in [-0.25, -0.2) is 4.99 Å². The minimum atomic E-state index is -0.334. The zero-order valence-corrected chi connectivity index (χ0v) is 22.9. The maximum absolute atomic E-state index is 6.51. The van der Waals surface area contributed by atoms with Gasteiger partial charge in [0.25, 0.3) is 0 Å². The normalized spacial score (nSPS) is 16.5. The fourth-order valence-corrected chi connectivity index (χ4v) is 6.75. The van der Waals surface area contributed by atoms with Gasteiger partial charge in [0, 0.05) is 33.0 Å². The topological polar surface area (TPSA) is 42.5 Å². The molecule has 1 aliphatic carbocycles. The lowest BCUT2D eigenvalue weighted by molar-refractivity contribution is 0.624. The van der Waals surface area contributed by atoms with E-state index >= 15 is 0 Å². The van der Waals surface area contributed by atoms with Crippen LogP contribution in [0.25, 0.3) is 49.3 Å². The summed E-state index contributed by atoms with van der Waals surface area (Å²) < 4.78 is 8.84. The van der Waals surface area contributed by atoms with Crippen LogP contribution >= 0.6 is 0 Å². The van der Waals surface area contributed by atoms with Gasteiger partial charge < -0.3 is 14.3 Å². The number of hydrogen-bond donors (Lipinski definition) is 1. The summed E-state index contributed by atoms with van der Waals surface area (Å²) in [6.45, 7) is 0. The molecule has 1 N–H and O–H groups in total. The summed E-state index contributed by atoms with van der Waals surface area (Å²) in [4.78, 5) is 5.45. The fourth-order valence-electron chi connectivity index (χ4n) is 6.75. The predicted molar refractivity (Wildman–Crippen MR) is 174 cm³/mol. The van der Waals surface area contributed by atoms with Crippen molar-refractivity contribution < 1.29 is 4.42 Å². The van der Waals surface area contributed by atoms with Crippen LogP contribution in [0.15, 0.2) is 137 Å². The second kappa shape index (κ2) is 9.08. The molecule has 4 nitrogen and oxygen atoms in total. The molecule has 1 unspecified atom stereocenters. The minimum Gasteiger partial charge on any atom is -0.455 e. The van der Waals surface area contributed by atoms with E-state index < -0.39 is 0 Å². The summed E-state index contributed by atoms with van der Waals surface area (Å²) in [6.07, 6.45) is 8.44. The van der Waals surface area contributed by atoms with Gasteiger partial charge in [-0.15, -0.1) is 0 Å². The van der Waals surface area contributed by atoms with Crippen LogP contribution in [0.1, 0.15) is 35.8 Å². The monoisotopic (exact) mass is 541 g/mol. The van der Waals surface area contributed by atoms with Crippen LogP contribution < -0.4 is 5.32 Å². The molecule has 9 rings (SSSR count). The summed E-state index contributed by atoms with van der Waals surface area (Å²) in [5.74, 6) is 0. The molecule has 4 heteroatoms. The number of aromatic nitrogens is 1. The molecule has 7 aromatic rings. The van der Waals surface area contributed by atoms with Crippen LogP contribution in [0, 0.1) is 0 Å². The van der Waals surface area contributed by atoms with Gasteiger partial charge in [-0.1, -0.05) is 91.0 Å². The molecule has 2 aliphatic rings. The zero-order valence-electron chi connectivity index (χ0n) is 22.9. The Balaban J connectivity index is 1.29. The molecule has 0 saturated heterocycles. The number of furan rings is 1. The first-order valence-corrected chi connectivity index (χ1v) is 14.6. The molecule has 42 heavy (non-hydrogen) atoms. The van der Waals surface area contributed by atoms with Crippen molar-refractivity contribution in [2.75, 3.05) is 5.32 Å². The minimum absolute atomic E-state index is 0.334. The van der Waals surface area contributed by atoms with E-state index in [1.165, 1.54) is 11.1 Å². The quantitative estimate of drug-likeness (QED) is 0.242. The molecule has 0 spiro atoms. The van der Waals surface area contributed by atoms with Crippen LogP contribution in [0.2, 0.25) is 0 Å². The molecule has 0 fully saturated rings. The average molecular weight is 542 g/mol. The Labute approximate surface area is 242 Å². The number of benzene rings is 5. The Morgan fingerprint density at radius 2 is 1.57 bits per heavy atom. The molecule has 200 valence electrons. The van der Waals surface area contributed by atoms with Crippen molar-refractivity contribution >= 4 is 60.7 Å². The lowest BCUT2D eigenvalue weighted by atomic mass is 9.92. The first kappa shape index (κ1) is 23.4. The standard InChI is InChI=1S/C38H27N3O/c1-3-11-24(12-4-1)26-19-21-31-30(23-26)36(25-13-5-2-6-14-25)40-38(39-31)41-32-17-9-7-16-29(32)35-33(41)22-20-28-27-15-8-10-18-34(27)42-37(28)35/h1-3,5-11,13-23,38-39H,4,12H2. The summed E-state index contributed by atoms with van der Waals surface area (Å²) in [7, 11) is 0. The van der Waals surface area contributed by atoms with Crippen molar-refractivity contribution in [2.24, 2.45) is 4.99 Å². The Morgan fingerprint density at radius 3 is 2.45 bits per heavy atom. The van der Waals surface area contributed by atoms with Gasteiger partial charge in [-0.05, 0) is 60.4 Å². The first-order chi connectivity index (χ1) is 20.8. The molecule has 1 atom stereocenters. The zero-order chi connectivity index (χ0) is 27.6. The predicted octanol–water partition coefficient (Wildman–Crippen LogP) is 9.85. The second-order valence-corrected chi connectivity index (χ2v) is 11.1. The number of nitrogens with one attached hydrogen (secondary N) is 1. The van der Waals surface area contributed by atoms with Crippen molar-refractivity contribution in [2.45, 2.75) is 19.1 Å². The van der Waals surface area contributed by atoms with Crippen molar-refractivity contribution in [1.82, 2.24) is 4.57 Å². The van der Waals surface area contributed by atoms with Crippen LogP contribution in [0.4, 0.5) is 5.69 Å². The number of nitrogens with zero attached hydrogens (tertiary/aromatic N) is 2. The van der Waals surface area contributed by atoms with Crippen LogP contribution in [0.5, 0.6) is 0 Å². The number of rotatable bonds is 3. The van der Waals surface area contributed by atoms with Crippen LogP contribution in [0.3, 0.4) is 0 Å². The highest BCUT2D eigenvalue weighted by molar-refractivity contribution is 6.23. The Hall–Kier alpha value is -5.35. The van der Waals surface area contributed by atoms with Crippen LogP contribution in [-0.4, -0.2) is 10.3 Å². The molecule has 3 heterocycles. The van der Waals surface area contributed by atoms with Gasteiger partial charge in [-0.2, -0.15) is 0 Å². The van der Waals surface area contributed by atoms with Crippen LogP contribution in [-0.2, 0) is 0 Å². The van der Waals surface area contributed by atoms with Gasteiger partial charge in [0.1, 0.15) is 11.2 Å². The summed E-state index contributed by atoms with van der Waals surface area (Å²) >= 11 is 0. The van der Waals surface area contributed by atoms with Crippen molar-refractivity contribution in [1.29, 1.82) is 0 Å². The fraction of sp³-hybridized carbons (Fsp3) is 0.0789. The average Bonchev–Trinajstić information content (AvgIpc) is 3.61. The molecule has 0 radical (unpaired) electrons. The molecule has 5 aromatic carbocycles. The summed E-state index contributed by atoms with van der Waals surface area (Å²) in [5, 5.41) is 8.36. The third-order valence-corrected chi connectivity index (χ3v) is 8.70. The van der Waals surface area contributed by atoms with Crippen molar-refractivity contribution in [3.63, 3.8) is 0 Å². The van der Waals surface area contributed by atoms with E-state index in [-0.39, 0.29) is 6.29 Å². The summed E-state index contributed by atoms with van der Waals surface area (Å²) in [6, 6.07) is 38.6. The van der Waals surface area contributed by atoms with Gasteiger partial charge in [0.05, 0.1) is 22.1 Å². The molecular formula is C38H27N3O. The van der Waals surface area contributed by atoms with Gasteiger partial charge in [0.15, 0.2) is 0 Å². The van der Waals surface area contributed by atoms with Gasteiger partial charge >= 0.3 is 0 Å². The Kier molecular flexibility index (Phi) is 5.05. The third-order valence-electron chi connectivity index (χ3n) is 8.70. The third kappa shape index (κ3) is 3.45. The molecule has 0 amide bonds. The lowest BCUT2D eigenvalue weighted by Crippen LogP contribution is -2.25. The second-order valence-electron chi connectivity index (χ2n) is 11.1. The highest BCUT2D eigenvalue weighted by Gasteiger charge is 2.27. The smallest absolute Gasteiger partial charge is 0.201 e. The highest BCUT2D eigenvalue weighted by atomic mass is 16.3. The molecule has 1 aliphatic heterocycles. The number of hydrogen-bond acceptors (Lipinski definition) is 3. The Morgan fingerprint density at radius 1 is 0.738 bits per heavy atom. The van der Waals surface area contributed by atoms with Gasteiger partial charge in [-0.3, -0.25) is 0 Å². The first-order valence-electron chi connectivity index (χ1n) is 14.6. The molecular weight excluding hydrogens is 514 g/mol. The highest BCUT2D eigenvalue weighted by Crippen LogP contribution is 2.42. The maximum Gasteiger partial charge on any atom is 0.201 e.